The number of imide groups is 1. The number of carbonyl (C=O) groups is 3. The number of nitrogens with one attached hydrogen (secondary N) is 3. The molecule has 0 spiro atoms. The van der Waals surface area contributed by atoms with Crippen LogP contribution in [0.2, 0.25) is 0 Å². The fraction of sp³-hybridized carbons (Fsp3) is 0.278. The zero-order valence-electron chi connectivity index (χ0n) is 16.5. The predicted octanol–water partition coefficient (Wildman–Crippen LogP) is 1.61. The Morgan fingerprint density at radius 1 is 1.16 bits per heavy atom. The maximum atomic E-state index is 12.4. The van der Waals surface area contributed by atoms with Crippen molar-refractivity contribution in [2.45, 2.75) is 24.5 Å². The molecule has 174 valence electrons. The van der Waals surface area contributed by atoms with Crippen molar-refractivity contribution in [3.63, 3.8) is 0 Å². The fourth-order valence-electron chi connectivity index (χ4n) is 2.25. The topological polar surface area (TPSA) is 144 Å². The smallest absolute Gasteiger partial charge is 0.405 e. The van der Waals surface area contributed by atoms with E-state index in [9.17, 15) is 36.0 Å². The number of aryl methyl sites for hydroxylation is 1. The molecule has 0 bridgehead atoms. The number of alkyl halides is 3. The molecule has 0 radical (unpaired) electrons. The molecule has 14 heteroatoms. The third-order valence-corrected chi connectivity index (χ3v) is 5.19. The van der Waals surface area contributed by atoms with E-state index < -0.39 is 47.3 Å². The van der Waals surface area contributed by atoms with Crippen LogP contribution in [0.4, 0.5) is 18.0 Å². The van der Waals surface area contributed by atoms with E-state index in [0.29, 0.717) is 11.3 Å². The molecule has 0 saturated heterocycles. The monoisotopic (exact) mass is 477 g/mol. The Hall–Kier alpha value is -3.39. The normalized spacial score (nSPS) is 11.6. The van der Waals surface area contributed by atoms with Gasteiger partial charge in [-0.1, -0.05) is 6.07 Å². The van der Waals surface area contributed by atoms with E-state index in [4.69, 9.17) is 9.15 Å². The Kier molecular flexibility index (Phi) is 7.99. The number of amides is 3. The summed E-state index contributed by atoms with van der Waals surface area (Å²) < 4.78 is 73.0. The van der Waals surface area contributed by atoms with E-state index in [1.165, 1.54) is 30.6 Å². The van der Waals surface area contributed by atoms with Crippen LogP contribution in [-0.4, -0.2) is 45.7 Å². The summed E-state index contributed by atoms with van der Waals surface area (Å²) in [5.74, 6) is -1.89. The number of urea groups is 1. The van der Waals surface area contributed by atoms with Crippen molar-refractivity contribution in [2.24, 2.45) is 0 Å². The van der Waals surface area contributed by atoms with Gasteiger partial charge in [-0.15, -0.1) is 0 Å². The van der Waals surface area contributed by atoms with E-state index in [1.807, 2.05) is 0 Å². The van der Waals surface area contributed by atoms with Crippen LogP contribution in [0.5, 0.6) is 0 Å². The maximum Gasteiger partial charge on any atom is 0.405 e. The van der Waals surface area contributed by atoms with Crippen LogP contribution in [0.25, 0.3) is 0 Å². The highest BCUT2D eigenvalue weighted by Gasteiger charge is 2.28. The Bertz CT molecular complexity index is 1080. The summed E-state index contributed by atoms with van der Waals surface area (Å²) in [6.45, 7) is -1.26. The van der Waals surface area contributed by atoms with Gasteiger partial charge in [0.2, 0.25) is 10.0 Å². The molecule has 1 heterocycles. The molecule has 0 unspecified atom stereocenters. The molecule has 3 amide bonds. The number of hydrogen-bond donors (Lipinski definition) is 3. The van der Waals surface area contributed by atoms with Crippen molar-refractivity contribution in [1.82, 2.24) is 15.4 Å². The van der Waals surface area contributed by atoms with Gasteiger partial charge in [0.25, 0.3) is 5.91 Å². The van der Waals surface area contributed by atoms with E-state index in [1.54, 1.807) is 17.4 Å². The minimum absolute atomic E-state index is 0.125. The summed E-state index contributed by atoms with van der Waals surface area (Å²) in [7, 11) is -4.02. The molecule has 2 rings (SSSR count). The maximum absolute atomic E-state index is 12.4. The van der Waals surface area contributed by atoms with Crippen LogP contribution in [0.15, 0.2) is 45.9 Å². The standard InChI is InChI=1S/C18H18F3N3O7S/c1-11-4-5-13(32(28,29)23-8-12-3-2-6-30-12)7-14(11)16(26)31-9-15(25)24-17(27)22-10-18(19,20)21/h2-7,23H,8-10H2,1H3,(H2,22,24,25,27). The van der Waals surface area contributed by atoms with Crippen LogP contribution in [-0.2, 0) is 26.1 Å². The highest BCUT2D eigenvalue weighted by Crippen LogP contribution is 2.17. The average Bonchev–Trinajstić information content (AvgIpc) is 3.22. The molecule has 0 saturated carbocycles. The second kappa shape index (κ2) is 10.3. The third-order valence-electron chi connectivity index (χ3n) is 3.79. The van der Waals surface area contributed by atoms with Crippen LogP contribution in [0.1, 0.15) is 21.7 Å². The number of rotatable bonds is 8. The van der Waals surface area contributed by atoms with Gasteiger partial charge < -0.3 is 14.5 Å². The number of sulfonamides is 1. The number of benzene rings is 1. The SMILES string of the molecule is Cc1ccc(S(=O)(=O)NCc2ccco2)cc1C(=O)OCC(=O)NC(=O)NCC(F)(F)F. The van der Waals surface area contributed by atoms with E-state index >= 15 is 0 Å². The second-order valence-electron chi connectivity index (χ2n) is 6.30. The average molecular weight is 477 g/mol. The lowest BCUT2D eigenvalue weighted by Crippen LogP contribution is -2.44. The molecule has 10 nitrogen and oxygen atoms in total. The van der Waals surface area contributed by atoms with Crippen LogP contribution in [0, 0.1) is 6.92 Å². The minimum atomic E-state index is -4.66. The van der Waals surface area contributed by atoms with E-state index in [-0.39, 0.29) is 17.0 Å². The number of hydrogen-bond acceptors (Lipinski definition) is 7. The van der Waals surface area contributed by atoms with Crippen molar-refractivity contribution in [3.05, 3.63) is 53.5 Å². The number of furan rings is 1. The Morgan fingerprint density at radius 3 is 2.50 bits per heavy atom. The molecule has 0 aliphatic heterocycles. The molecule has 0 fully saturated rings. The first kappa shape index (κ1) is 24.9. The Balaban J connectivity index is 1.96. The second-order valence-corrected chi connectivity index (χ2v) is 8.07. The van der Waals surface area contributed by atoms with Gasteiger partial charge in [-0.2, -0.15) is 13.2 Å². The van der Waals surface area contributed by atoms with Crippen LogP contribution < -0.4 is 15.4 Å². The molecule has 1 aromatic heterocycles. The Labute approximate surface area is 180 Å². The summed E-state index contributed by atoms with van der Waals surface area (Å²) in [6, 6.07) is 5.37. The van der Waals surface area contributed by atoms with Gasteiger partial charge in [0.1, 0.15) is 12.3 Å². The zero-order valence-corrected chi connectivity index (χ0v) is 17.3. The predicted molar refractivity (Wildman–Crippen MR) is 102 cm³/mol. The molecule has 0 aliphatic carbocycles. The molecule has 1 aromatic carbocycles. The number of halogens is 3. The lowest BCUT2D eigenvalue weighted by atomic mass is 10.1. The Morgan fingerprint density at radius 2 is 1.88 bits per heavy atom. The lowest BCUT2D eigenvalue weighted by molar-refractivity contribution is -0.125. The molecule has 0 atom stereocenters. The summed E-state index contributed by atoms with van der Waals surface area (Å²) in [4.78, 5) is 34.8. The number of ether oxygens (including phenoxy) is 1. The number of esters is 1. The van der Waals surface area contributed by atoms with Crippen LogP contribution in [0.3, 0.4) is 0 Å². The van der Waals surface area contributed by atoms with Gasteiger partial charge in [0.15, 0.2) is 6.61 Å². The summed E-state index contributed by atoms with van der Waals surface area (Å²) in [5.41, 5.74) is 0.170. The molecule has 3 N–H and O–H groups in total. The highest BCUT2D eigenvalue weighted by atomic mass is 32.2. The summed E-state index contributed by atoms with van der Waals surface area (Å²) in [5, 5.41) is 2.97. The van der Waals surface area contributed by atoms with Crippen molar-refractivity contribution in [1.29, 1.82) is 0 Å². The molecule has 0 aliphatic rings. The van der Waals surface area contributed by atoms with Crippen molar-refractivity contribution < 1.29 is 45.1 Å². The molecular weight excluding hydrogens is 459 g/mol. The highest BCUT2D eigenvalue weighted by molar-refractivity contribution is 7.89. The summed E-state index contributed by atoms with van der Waals surface area (Å²) in [6.07, 6.45) is -3.29. The first-order valence-electron chi connectivity index (χ1n) is 8.81. The summed E-state index contributed by atoms with van der Waals surface area (Å²) >= 11 is 0. The van der Waals surface area contributed by atoms with Crippen LogP contribution >= 0.6 is 0 Å². The van der Waals surface area contributed by atoms with E-state index in [0.717, 1.165) is 6.07 Å². The first-order valence-corrected chi connectivity index (χ1v) is 10.3. The first-order chi connectivity index (χ1) is 14.9. The van der Waals surface area contributed by atoms with Gasteiger partial charge >= 0.3 is 18.2 Å². The van der Waals surface area contributed by atoms with Crippen molar-refractivity contribution >= 4 is 27.9 Å². The molecular formula is C18H18F3N3O7S. The van der Waals surface area contributed by atoms with E-state index in [2.05, 4.69) is 4.72 Å². The largest absolute Gasteiger partial charge is 0.468 e. The van der Waals surface area contributed by atoms with Crippen molar-refractivity contribution in [2.75, 3.05) is 13.2 Å². The number of carbonyl (C=O) groups excluding carboxylic acids is 3. The lowest BCUT2D eigenvalue weighted by Gasteiger charge is -2.11. The van der Waals surface area contributed by atoms with Gasteiger partial charge in [-0.05, 0) is 36.8 Å². The minimum Gasteiger partial charge on any atom is -0.468 e. The zero-order chi connectivity index (χ0) is 23.9. The quantitative estimate of drug-likeness (QED) is 0.490. The van der Waals surface area contributed by atoms with Gasteiger partial charge in [-0.25, -0.2) is 22.7 Å². The molecule has 32 heavy (non-hydrogen) atoms. The van der Waals surface area contributed by atoms with Gasteiger partial charge in [0.05, 0.1) is 23.3 Å². The van der Waals surface area contributed by atoms with Gasteiger partial charge in [-0.3, -0.25) is 10.1 Å². The fourth-order valence-corrected chi connectivity index (χ4v) is 3.27. The molecule has 2 aromatic rings. The third kappa shape index (κ3) is 7.70. The van der Waals surface area contributed by atoms with Gasteiger partial charge in [0, 0.05) is 0 Å². The van der Waals surface area contributed by atoms with Crippen molar-refractivity contribution in [3.8, 4) is 0 Å².